The number of hydrogen-bond acceptors (Lipinski definition) is 4. The van der Waals surface area contributed by atoms with Crippen molar-refractivity contribution in [1.29, 1.82) is 5.26 Å². The first-order chi connectivity index (χ1) is 8.71. The van der Waals surface area contributed by atoms with E-state index in [1.807, 2.05) is 19.2 Å². The number of carbonyl (C=O) groups is 1. The van der Waals surface area contributed by atoms with Crippen molar-refractivity contribution in [3.63, 3.8) is 0 Å². The molecule has 0 aliphatic carbocycles. The van der Waals surface area contributed by atoms with Crippen molar-refractivity contribution in [2.45, 2.75) is 6.92 Å². The van der Waals surface area contributed by atoms with Crippen molar-refractivity contribution in [2.75, 3.05) is 12.4 Å². The second-order valence-corrected chi connectivity index (χ2v) is 3.28. The number of ether oxygens (including phenoxy) is 1. The van der Waals surface area contributed by atoms with Crippen LogP contribution < -0.4 is 5.32 Å². The SMILES string of the molecule is CC#COC(=O)/C(C#N)=C/c1ccc(NC)cc1. The Hall–Kier alpha value is -2.72. The molecule has 0 amide bonds. The molecule has 4 nitrogen and oxygen atoms in total. The van der Waals surface area contributed by atoms with Gasteiger partial charge in [-0.15, -0.1) is 0 Å². The van der Waals surface area contributed by atoms with Crippen LogP contribution in [-0.2, 0) is 9.53 Å². The molecule has 18 heavy (non-hydrogen) atoms. The van der Waals surface area contributed by atoms with Gasteiger partial charge in [-0.05, 0) is 23.8 Å². The van der Waals surface area contributed by atoms with Crippen LogP contribution in [0.1, 0.15) is 12.5 Å². The molecule has 0 spiro atoms. The van der Waals surface area contributed by atoms with E-state index in [9.17, 15) is 4.79 Å². The van der Waals surface area contributed by atoms with E-state index in [1.165, 1.54) is 6.08 Å². The number of esters is 1. The Morgan fingerprint density at radius 2 is 2.06 bits per heavy atom. The minimum Gasteiger partial charge on any atom is -0.388 e. The standard InChI is InChI=1S/C14H12N2O2/c1-3-8-18-14(17)12(10-15)9-11-4-6-13(16-2)7-5-11/h4-7,9,16H,1-2H3/b12-9+. The highest BCUT2D eigenvalue weighted by molar-refractivity contribution is 5.98. The van der Waals surface area contributed by atoms with E-state index >= 15 is 0 Å². The van der Waals surface area contributed by atoms with E-state index in [0.29, 0.717) is 0 Å². The van der Waals surface area contributed by atoms with Crippen molar-refractivity contribution >= 4 is 17.7 Å². The Labute approximate surface area is 106 Å². The second kappa shape index (κ2) is 6.78. The van der Waals surface area contributed by atoms with E-state index in [4.69, 9.17) is 5.26 Å². The third-order valence-corrected chi connectivity index (χ3v) is 2.10. The van der Waals surface area contributed by atoms with Crippen LogP contribution in [0, 0.1) is 23.4 Å². The van der Waals surface area contributed by atoms with Crippen LogP contribution in [0.5, 0.6) is 0 Å². The molecule has 0 aliphatic rings. The topological polar surface area (TPSA) is 62.1 Å². The predicted octanol–water partition coefficient (Wildman–Crippen LogP) is 2.16. The van der Waals surface area contributed by atoms with Crippen molar-refractivity contribution in [3.05, 3.63) is 35.4 Å². The lowest BCUT2D eigenvalue weighted by Gasteiger charge is -2.00. The van der Waals surface area contributed by atoms with Crippen LogP contribution in [0.2, 0.25) is 0 Å². The van der Waals surface area contributed by atoms with Crippen LogP contribution in [0.25, 0.3) is 6.08 Å². The number of rotatable bonds is 3. The van der Waals surface area contributed by atoms with E-state index in [1.54, 1.807) is 25.1 Å². The molecule has 0 saturated heterocycles. The molecule has 1 rings (SSSR count). The summed E-state index contributed by atoms with van der Waals surface area (Å²) in [5.74, 6) is 1.67. The lowest BCUT2D eigenvalue weighted by molar-refractivity contribution is -0.131. The summed E-state index contributed by atoms with van der Waals surface area (Å²) in [5.41, 5.74) is 1.60. The lowest BCUT2D eigenvalue weighted by atomic mass is 10.1. The molecule has 0 atom stereocenters. The maximum absolute atomic E-state index is 11.4. The molecule has 1 aromatic rings. The number of benzene rings is 1. The fraction of sp³-hybridized carbons (Fsp3) is 0.143. The van der Waals surface area contributed by atoms with Gasteiger partial charge in [0.1, 0.15) is 17.7 Å². The fourth-order valence-electron chi connectivity index (χ4n) is 1.20. The summed E-state index contributed by atoms with van der Waals surface area (Å²) in [7, 11) is 1.81. The van der Waals surface area contributed by atoms with Crippen LogP contribution in [-0.4, -0.2) is 13.0 Å². The molecule has 0 heterocycles. The summed E-state index contributed by atoms with van der Waals surface area (Å²) >= 11 is 0. The van der Waals surface area contributed by atoms with Gasteiger partial charge < -0.3 is 10.1 Å². The molecular formula is C14H12N2O2. The van der Waals surface area contributed by atoms with Gasteiger partial charge in [-0.3, -0.25) is 0 Å². The van der Waals surface area contributed by atoms with Crippen molar-refractivity contribution in [3.8, 4) is 18.1 Å². The highest BCUT2D eigenvalue weighted by Crippen LogP contribution is 2.12. The molecule has 0 unspecified atom stereocenters. The second-order valence-electron chi connectivity index (χ2n) is 3.28. The summed E-state index contributed by atoms with van der Waals surface area (Å²) < 4.78 is 4.56. The summed E-state index contributed by atoms with van der Waals surface area (Å²) in [4.78, 5) is 11.4. The highest BCUT2D eigenvalue weighted by atomic mass is 16.5. The molecule has 0 bridgehead atoms. The maximum Gasteiger partial charge on any atom is 0.362 e. The predicted molar refractivity (Wildman–Crippen MR) is 69.1 cm³/mol. The molecular weight excluding hydrogens is 228 g/mol. The van der Waals surface area contributed by atoms with Crippen molar-refractivity contribution < 1.29 is 9.53 Å². The number of nitrogens with one attached hydrogen (secondary N) is 1. The summed E-state index contributed by atoms with van der Waals surface area (Å²) in [5, 5.41) is 11.9. The minimum absolute atomic E-state index is 0.0880. The Morgan fingerprint density at radius 1 is 1.39 bits per heavy atom. The normalized spacial score (nSPS) is 9.72. The maximum atomic E-state index is 11.4. The van der Waals surface area contributed by atoms with Gasteiger partial charge in [0, 0.05) is 19.7 Å². The van der Waals surface area contributed by atoms with Crippen LogP contribution >= 0.6 is 0 Å². The van der Waals surface area contributed by atoms with Gasteiger partial charge in [0.2, 0.25) is 0 Å². The molecule has 0 aromatic heterocycles. The molecule has 0 aliphatic heterocycles. The van der Waals surface area contributed by atoms with E-state index < -0.39 is 5.97 Å². The van der Waals surface area contributed by atoms with Gasteiger partial charge in [0.15, 0.2) is 0 Å². The zero-order chi connectivity index (χ0) is 13.4. The van der Waals surface area contributed by atoms with Crippen molar-refractivity contribution in [1.82, 2.24) is 0 Å². The van der Waals surface area contributed by atoms with E-state index in [0.717, 1.165) is 11.3 Å². The first-order valence-corrected chi connectivity index (χ1v) is 5.23. The highest BCUT2D eigenvalue weighted by Gasteiger charge is 2.09. The lowest BCUT2D eigenvalue weighted by Crippen LogP contribution is -2.02. The van der Waals surface area contributed by atoms with Crippen molar-refractivity contribution in [2.24, 2.45) is 0 Å². The average Bonchev–Trinajstić information content (AvgIpc) is 2.42. The molecule has 0 saturated carbocycles. The van der Waals surface area contributed by atoms with Gasteiger partial charge in [-0.2, -0.15) is 5.26 Å². The quantitative estimate of drug-likeness (QED) is 0.380. The molecule has 0 fully saturated rings. The minimum atomic E-state index is -0.746. The number of hydrogen-bond donors (Lipinski definition) is 1. The summed E-state index contributed by atoms with van der Waals surface area (Å²) in [6.07, 6.45) is 3.62. The Balaban J connectivity index is 2.92. The zero-order valence-corrected chi connectivity index (χ0v) is 10.2. The first-order valence-electron chi connectivity index (χ1n) is 5.23. The Morgan fingerprint density at radius 3 is 2.56 bits per heavy atom. The first kappa shape index (κ1) is 13.3. The number of anilines is 1. The zero-order valence-electron chi connectivity index (χ0n) is 10.2. The molecule has 90 valence electrons. The molecule has 1 aromatic carbocycles. The van der Waals surface area contributed by atoms with Crippen LogP contribution in [0.15, 0.2) is 29.8 Å². The van der Waals surface area contributed by atoms with Gasteiger partial charge >= 0.3 is 5.97 Å². The largest absolute Gasteiger partial charge is 0.388 e. The average molecular weight is 240 g/mol. The van der Waals surface area contributed by atoms with E-state index in [-0.39, 0.29) is 5.57 Å². The number of nitriles is 1. The van der Waals surface area contributed by atoms with Gasteiger partial charge in [-0.25, -0.2) is 4.79 Å². The van der Waals surface area contributed by atoms with Gasteiger partial charge in [-0.1, -0.05) is 18.1 Å². The van der Waals surface area contributed by atoms with Crippen LogP contribution in [0.3, 0.4) is 0 Å². The smallest absolute Gasteiger partial charge is 0.362 e. The number of carbonyl (C=O) groups excluding carboxylic acids is 1. The third-order valence-electron chi connectivity index (χ3n) is 2.10. The fourth-order valence-corrected chi connectivity index (χ4v) is 1.20. The third kappa shape index (κ3) is 3.70. The van der Waals surface area contributed by atoms with Gasteiger partial charge in [0.25, 0.3) is 0 Å². The monoisotopic (exact) mass is 240 g/mol. The van der Waals surface area contributed by atoms with E-state index in [2.05, 4.69) is 22.1 Å². The molecule has 1 N–H and O–H groups in total. The molecule has 0 radical (unpaired) electrons. The van der Waals surface area contributed by atoms with Gasteiger partial charge in [0.05, 0.1) is 0 Å². The molecule has 4 heteroatoms. The number of nitrogens with zero attached hydrogens (tertiary/aromatic N) is 1. The summed E-state index contributed by atoms with van der Waals surface area (Å²) in [6.45, 7) is 1.54. The Kier molecular flexibility index (Phi) is 5.02. The Bertz CT molecular complexity index is 554. The van der Waals surface area contributed by atoms with Crippen LogP contribution in [0.4, 0.5) is 5.69 Å². The summed E-state index contributed by atoms with van der Waals surface area (Å²) in [6, 6.07) is 9.07.